The third kappa shape index (κ3) is 11.4. The fraction of sp³-hybridized carbons (Fsp3) is 0.857. The van der Waals surface area contributed by atoms with Crippen LogP contribution in [0.3, 0.4) is 0 Å². The molecule has 25 heavy (non-hydrogen) atoms. The molecule has 0 heterocycles. The fourth-order valence-electron chi connectivity index (χ4n) is 3.39. The van der Waals surface area contributed by atoms with Crippen molar-refractivity contribution in [3.8, 4) is 0 Å². The quantitative estimate of drug-likeness (QED) is 0.247. The Kier molecular flexibility index (Phi) is 13.8. The van der Waals surface area contributed by atoms with Crippen LogP contribution in [0.15, 0.2) is 12.7 Å². The van der Waals surface area contributed by atoms with Gasteiger partial charge < -0.3 is 19.5 Å². The van der Waals surface area contributed by atoms with Crippen molar-refractivity contribution in [2.75, 3.05) is 26.2 Å². The van der Waals surface area contributed by atoms with E-state index in [1.807, 2.05) is 6.08 Å². The van der Waals surface area contributed by atoms with Crippen LogP contribution < -0.4 is 5.11 Å². The first-order chi connectivity index (χ1) is 11.9. The Balaban J connectivity index is 4.88. The number of hydrogen-bond donors (Lipinski definition) is 1. The molecule has 0 bridgehead atoms. The normalized spacial score (nSPS) is 14.2. The van der Waals surface area contributed by atoms with Gasteiger partial charge >= 0.3 is 0 Å². The first kappa shape index (κ1) is 24.1. The maximum absolute atomic E-state index is 11.1. The van der Waals surface area contributed by atoms with Crippen LogP contribution in [0.2, 0.25) is 0 Å². The highest BCUT2D eigenvalue weighted by Crippen LogP contribution is 2.19. The molecule has 0 saturated heterocycles. The average molecular weight is 356 g/mol. The maximum Gasteiger partial charge on any atom is 0.105 e. The van der Waals surface area contributed by atoms with Gasteiger partial charge in [-0.1, -0.05) is 46.1 Å². The van der Waals surface area contributed by atoms with Crippen LogP contribution in [0.1, 0.15) is 78.6 Å². The van der Waals surface area contributed by atoms with E-state index in [0.717, 1.165) is 82.0 Å². The zero-order valence-electron chi connectivity index (χ0n) is 16.8. The SMILES string of the molecule is C=CCCCCC(O)C[N+](CCCC)(CCCC)CCC(C)C(=O)[O-]. The standard InChI is InChI=1S/C21H41NO3/c1-5-8-11-12-13-20(23)18-22(15-9-6-2,16-10-7-3)17-14-19(4)21(24)25/h5,19-20,23H,1,6-18H2,2-4H3. The summed E-state index contributed by atoms with van der Waals surface area (Å²) in [5, 5.41) is 21.7. The second-order valence-electron chi connectivity index (χ2n) is 7.64. The first-order valence-corrected chi connectivity index (χ1v) is 10.3. The molecule has 0 rings (SSSR count). The van der Waals surface area contributed by atoms with E-state index in [-0.39, 0.29) is 6.10 Å². The van der Waals surface area contributed by atoms with E-state index in [4.69, 9.17) is 0 Å². The molecular formula is C21H41NO3. The van der Waals surface area contributed by atoms with Gasteiger partial charge in [0.25, 0.3) is 0 Å². The Labute approximate surface area is 155 Å². The molecule has 0 spiro atoms. The third-order valence-electron chi connectivity index (χ3n) is 5.20. The van der Waals surface area contributed by atoms with E-state index in [1.54, 1.807) is 6.92 Å². The number of carboxylic acid groups (broad SMARTS) is 1. The number of carboxylic acids is 1. The van der Waals surface area contributed by atoms with Crippen LogP contribution in [-0.4, -0.2) is 47.8 Å². The van der Waals surface area contributed by atoms with Crippen molar-refractivity contribution < 1.29 is 19.5 Å². The van der Waals surface area contributed by atoms with Gasteiger partial charge in [-0.2, -0.15) is 0 Å². The van der Waals surface area contributed by atoms with Gasteiger partial charge in [-0.05, 0) is 32.1 Å². The molecule has 0 saturated carbocycles. The predicted molar refractivity (Wildman–Crippen MR) is 103 cm³/mol. The number of unbranched alkanes of at least 4 members (excludes halogenated alkanes) is 4. The fourth-order valence-corrected chi connectivity index (χ4v) is 3.39. The predicted octanol–water partition coefficient (Wildman–Crippen LogP) is 3.29. The summed E-state index contributed by atoms with van der Waals surface area (Å²) in [4.78, 5) is 11.1. The lowest BCUT2D eigenvalue weighted by atomic mass is 10.0. The van der Waals surface area contributed by atoms with Gasteiger partial charge in [-0.25, -0.2) is 0 Å². The van der Waals surface area contributed by atoms with Gasteiger partial charge in [-0.15, -0.1) is 6.58 Å². The highest BCUT2D eigenvalue weighted by molar-refractivity contribution is 5.66. The Hall–Kier alpha value is -0.870. The Morgan fingerprint density at radius 1 is 1.08 bits per heavy atom. The summed E-state index contributed by atoms with van der Waals surface area (Å²) in [6, 6.07) is 0. The number of hydrogen-bond acceptors (Lipinski definition) is 3. The Morgan fingerprint density at radius 3 is 2.16 bits per heavy atom. The number of carbonyl (C=O) groups is 1. The molecule has 2 atom stereocenters. The molecule has 2 unspecified atom stereocenters. The molecule has 1 N–H and O–H groups in total. The molecule has 0 aromatic heterocycles. The largest absolute Gasteiger partial charge is 0.550 e. The van der Waals surface area contributed by atoms with Crippen LogP contribution in [-0.2, 0) is 4.79 Å². The van der Waals surface area contributed by atoms with Gasteiger partial charge in [0.1, 0.15) is 12.6 Å². The highest BCUT2D eigenvalue weighted by Gasteiger charge is 2.29. The summed E-state index contributed by atoms with van der Waals surface area (Å²) < 4.78 is 0.849. The van der Waals surface area contributed by atoms with Gasteiger partial charge in [-0.3, -0.25) is 0 Å². The molecule has 4 heteroatoms. The minimum atomic E-state index is -0.964. The Bertz CT molecular complexity index is 349. The van der Waals surface area contributed by atoms with Gasteiger partial charge in [0, 0.05) is 18.3 Å². The van der Waals surface area contributed by atoms with E-state index in [2.05, 4.69) is 20.4 Å². The second kappa shape index (κ2) is 14.3. The number of allylic oxidation sites excluding steroid dienone is 1. The number of aliphatic hydroxyl groups excluding tert-OH is 1. The number of nitrogens with zero attached hydrogens (tertiary/aromatic N) is 1. The van der Waals surface area contributed by atoms with Crippen molar-refractivity contribution in [2.45, 2.75) is 84.7 Å². The molecule has 0 fully saturated rings. The molecule has 0 aliphatic heterocycles. The summed E-state index contributed by atoms with van der Waals surface area (Å²) in [5.74, 6) is -1.39. The zero-order chi connectivity index (χ0) is 19.1. The molecule has 0 aliphatic rings. The maximum atomic E-state index is 11.1. The van der Waals surface area contributed by atoms with Crippen molar-refractivity contribution >= 4 is 5.97 Å². The van der Waals surface area contributed by atoms with Gasteiger partial charge in [0.2, 0.25) is 0 Å². The number of aliphatic carboxylic acids is 1. The number of rotatable bonds is 17. The molecule has 0 radical (unpaired) electrons. The minimum absolute atomic E-state index is 0.309. The van der Waals surface area contributed by atoms with E-state index in [0.29, 0.717) is 6.42 Å². The summed E-state index contributed by atoms with van der Waals surface area (Å²) in [5.41, 5.74) is 0. The van der Waals surface area contributed by atoms with Gasteiger partial charge in [0.15, 0.2) is 0 Å². The molecular weight excluding hydrogens is 314 g/mol. The number of carbonyl (C=O) groups excluding carboxylic acids is 1. The second-order valence-corrected chi connectivity index (χ2v) is 7.64. The third-order valence-corrected chi connectivity index (χ3v) is 5.20. The molecule has 0 aromatic carbocycles. The lowest BCUT2D eigenvalue weighted by Gasteiger charge is -2.41. The first-order valence-electron chi connectivity index (χ1n) is 10.3. The summed E-state index contributed by atoms with van der Waals surface area (Å²) >= 11 is 0. The zero-order valence-corrected chi connectivity index (χ0v) is 16.8. The van der Waals surface area contributed by atoms with Crippen molar-refractivity contribution in [1.29, 1.82) is 0 Å². The monoisotopic (exact) mass is 355 g/mol. The highest BCUT2D eigenvalue weighted by atomic mass is 16.4. The summed E-state index contributed by atoms with van der Waals surface area (Å²) in [6.45, 7) is 13.5. The van der Waals surface area contributed by atoms with Gasteiger partial charge in [0.05, 0.1) is 19.6 Å². The Morgan fingerprint density at radius 2 is 1.68 bits per heavy atom. The van der Waals surface area contributed by atoms with Crippen molar-refractivity contribution in [3.63, 3.8) is 0 Å². The molecule has 0 aromatic rings. The molecule has 0 amide bonds. The van der Waals surface area contributed by atoms with E-state index >= 15 is 0 Å². The van der Waals surface area contributed by atoms with Crippen LogP contribution in [0.5, 0.6) is 0 Å². The summed E-state index contributed by atoms with van der Waals surface area (Å²) in [7, 11) is 0. The number of aliphatic hydroxyl groups is 1. The molecule has 0 aliphatic carbocycles. The lowest BCUT2D eigenvalue weighted by Crippen LogP contribution is -2.54. The summed E-state index contributed by atoms with van der Waals surface area (Å²) in [6.07, 6.45) is 10.6. The molecule has 4 nitrogen and oxygen atoms in total. The van der Waals surface area contributed by atoms with E-state index in [9.17, 15) is 15.0 Å². The van der Waals surface area contributed by atoms with Crippen molar-refractivity contribution in [3.05, 3.63) is 12.7 Å². The smallest absolute Gasteiger partial charge is 0.105 e. The topological polar surface area (TPSA) is 60.4 Å². The number of quaternary nitrogens is 1. The lowest BCUT2D eigenvalue weighted by molar-refractivity contribution is -0.931. The molecule has 148 valence electrons. The van der Waals surface area contributed by atoms with Crippen LogP contribution in [0.4, 0.5) is 0 Å². The van der Waals surface area contributed by atoms with Crippen LogP contribution in [0.25, 0.3) is 0 Å². The van der Waals surface area contributed by atoms with E-state index in [1.165, 1.54) is 0 Å². The van der Waals surface area contributed by atoms with E-state index < -0.39 is 11.9 Å². The van der Waals surface area contributed by atoms with Crippen LogP contribution >= 0.6 is 0 Å². The van der Waals surface area contributed by atoms with Crippen molar-refractivity contribution in [1.82, 2.24) is 0 Å². The van der Waals surface area contributed by atoms with Crippen LogP contribution in [0, 0.1) is 5.92 Å². The van der Waals surface area contributed by atoms with Crippen molar-refractivity contribution in [2.24, 2.45) is 5.92 Å². The average Bonchev–Trinajstić information content (AvgIpc) is 2.59. The minimum Gasteiger partial charge on any atom is -0.550 e.